The summed E-state index contributed by atoms with van der Waals surface area (Å²) in [6.07, 6.45) is 0.786. The minimum Gasteiger partial charge on any atom is -0.394 e. The topological polar surface area (TPSA) is 96.4 Å². The van der Waals surface area contributed by atoms with Gasteiger partial charge in [0.1, 0.15) is 12.4 Å². The molecule has 1 amide bonds. The van der Waals surface area contributed by atoms with Crippen molar-refractivity contribution in [3.63, 3.8) is 0 Å². The molecule has 1 saturated heterocycles. The quantitative estimate of drug-likeness (QED) is 0.640. The highest BCUT2D eigenvalue weighted by Gasteiger charge is 2.48. The van der Waals surface area contributed by atoms with Gasteiger partial charge in [-0.3, -0.25) is 9.69 Å². The van der Waals surface area contributed by atoms with Crippen LogP contribution in [0.3, 0.4) is 0 Å². The number of nitrogens with one attached hydrogen (secondary N) is 1. The van der Waals surface area contributed by atoms with Crippen molar-refractivity contribution >= 4 is 23.3 Å². The monoisotopic (exact) mass is 419 g/mol. The van der Waals surface area contributed by atoms with Crippen LogP contribution in [-0.2, 0) is 11.3 Å². The van der Waals surface area contributed by atoms with E-state index in [2.05, 4.69) is 29.2 Å². The normalized spacial score (nSPS) is 24.7. The number of aliphatic hydroxyl groups excluding tert-OH is 1. The van der Waals surface area contributed by atoms with Crippen molar-refractivity contribution < 1.29 is 9.90 Å². The number of aryl methyl sites for hydroxylation is 1. The second-order valence-electron chi connectivity index (χ2n) is 8.07. The maximum absolute atomic E-state index is 12.5. The predicted molar refractivity (Wildman–Crippen MR) is 115 cm³/mol. The summed E-state index contributed by atoms with van der Waals surface area (Å²) in [5, 5.41) is 18.1. The third-order valence-corrected chi connectivity index (χ3v) is 6.11. The molecule has 2 aromatic rings. The number of likely N-dealkylation sites (N-methyl/N-ethyl adjacent to an activating group) is 1. The Bertz CT molecular complexity index is 853. The number of halogens is 1. The fraction of sp³-hybridized carbons (Fsp3) is 0.524. The van der Waals surface area contributed by atoms with Crippen molar-refractivity contribution in [2.24, 2.45) is 5.92 Å². The van der Waals surface area contributed by atoms with Crippen molar-refractivity contribution in [1.29, 1.82) is 0 Å². The van der Waals surface area contributed by atoms with Crippen molar-refractivity contribution in [3.05, 3.63) is 46.6 Å². The summed E-state index contributed by atoms with van der Waals surface area (Å²) < 4.78 is 1.51. The summed E-state index contributed by atoms with van der Waals surface area (Å²) in [7, 11) is 0. The molecule has 3 rings (SSSR count). The molecule has 0 bridgehead atoms. The summed E-state index contributed by atoms with van der Waals surface area (Å²) in [5.41, 5.74) is 7.47. The molecule has 29 heavy (non-hydrogen) atoms. The number of benzene rings is 1. The maximum atomic E-state index is 12.5. The lowest BCUT2D eigenvalue weighted by Gasteiger charge is -2.37. The molecule has 158 valence electrons. The summed E-state index contributed by atoms with van der Waals surface area (Å²) in [6, 6.07) is 9.66. The summed E-state index contributed by atoms with van der Waals surface area (Å²) in [6.45, 7) is 7.49. The summed E-state index contributed by atoms with van der Waals surface area (Å²) in [5.74, 6) is 0.506. The third kappa shape index (κ3) is 4.57. The Morgan fingerprint density at radius 3 is 2.66 bits per heavy atom. The number of nitrogen functional groups attached to an aromatic ring is 1. The zero-order valence-electron chi connectivity index (χ0n) is 17.2. The van der Waals surface area contributed by atoms with E-state index in [1.54, 1.807) is 6.07 Å². The SMILES string of the molecule is CCN1[C@@H](c2ccc(Cl)cc2)[C@@H](CNC(=O)Cn2nc(C)cc2N)C[C@@]1(C)CO. The molecule has 8 heteroatoms. The Morgan fingerprint density at radius 1 is 1.41 bits per heavy atom. The van der Waals surface area contributed by atoms with Gasteiger partial charge in [0, 0.05) is 29.2 Å². The number of carbonyl (C=O) groups excluding carboxylic acids is 1. The van der Waals surface area contributed by atoms with E-state index >= 15 is 0 Å². The Balaban J connectivity index is 1.75. The van der Waals surface area contributed by atoms with E-state index in [0.29, 0.717) is 17.4 Å². The van der Waals surface area contributed by atoms with Crippen LogP contribution >= 0.6 is 11.6 Å². The van der Waals surface area contributed by atoms with Crippen LogP contribution in [0.2, 0.25) is 5.02 Å². The number of likely N-dealkylation sites (tertiary alicyclic amines) is 1. The molecule has 0 radical (unpaired) electrons. The fourth-order valence-electron chi connectivity index (χ4n) is 4.54. The number of hydrogen-bond acceptors (Lipinski definition) is 5. The molecule has 1 aliphatic rings. The molecule has 3 atom stereocenters. The molecule has 1 aromatic heterocycles. The van der Waals surface area contributed by atoms with E-state index in [1.807, 2.05) is 31.2 Å². The molecule has 7 nitrogen and oxygen atoms in total. The molecule has 0 spiro atoms. The number of aromatic nitrogens is 2. The number of aliphatic hydroxyl groups is 1. The smallest absolute Gasteiger partial charge is 0.241 e. The third-order valence-electron chi connectivity index (χ3n) is 5.86. The Labute approximate surface area is 176 Å². The zero-order valence-corrected chi connectivity index (χ0v) is 18.0. The first kappa shape index (κ1) is 21.6. The Kier molecular flexibility index (Phi) is 6.51. The van der Waals surface area contributed by atoms with Crippen molar-refractivity contribution in [2.75, 3.05) is 25.4 Å². The average Bonchev–Trinajstić information content (AvgIpc) is 3.16. The van der Waals surface area contributed by atoms with Gasteiger partial charge in [-0.2, -0.15) is 5.10 Å². The molecule has 0 saturated carbocycles. The Morgan fingerprint density at radius 2 is 2.10 bits per heavy atom. The van der Waals surface area contributed by atoms with Crippen molar-refractivity contribution in [2.45, 2.75) is 45.3 Å². The van der Waals surface area contributed by atoms with Gasteiger partial charge in [0.2, 0.25) is 5.91 Å². The lowest BCUT2D eigenvalue weighted by molar-refractivity contribution is -0.122. The molecule has 1 aromatic carbocycles. The van der Waals surface area contributed by atoms with Crippen LogP contribution in [-0.4, -0.2) is 50.9 Å². The number of carbonyl (C=O) groups is 1. The maximum Gasteiger partial charge on any atom is 0.241 e. The molecular formula is C21H30ClN5O2. The van der Waals surface area contributed by atoms with Gasteiger partial charge < -0.3 is 16.2 Å². The van der Waals surface area contributed by atoms with Crippen LogP contribution in [0.4, 0.5) is 5.82 Å². The number of nitrogens with zero attached hydrogens (tertiary/aromatic N) is 3. The van der Waals surface area contributed by atoms with Gasteiger partial charge in [0.05, 0.1) is 12.3 Å². The first-order chi connectivity index (χ1) is 13.8. The van der Waals surface area contributed by atoms with Gasteiger partial charge in [-0.05, 0) is 50.4 Å². The van der Waals surface area contributed by atoms with Gasteiger partial charge >= 0.3 is 0 Å². The molecule has 4 N–H and O–H groups in total. The van der Waals surface area contributed by atoms with Gasteiger partial charge in [-0.15, -0.1) is 0 Å². The van der Waals surface area contributed by atoms with E-state index in [1.165, 1.54) is 4.68 Å². The zero-order chi connectivity index (χ0) is 21.2. The lowest BCUT2D eigenvalue weighted by atomic mass is 9.90. The van der Waals surface area contributed by atoms with Crippen LogP contribution in [0.5, 0.6) is 0 Å². The van der Waals surface area contributed by atoms with Crippen LogP contribution in [0.1, 0.15) is 37.6 Å². The van der Waals surface area contributed by atoms with Crippen LogP contribution in [0.15, 0.2) is 30.3 Å². The van der Waals surface area contributed by atoms with Gasteiger partial charge in [-0.25, -0.2) is 4.68 Å². The highest BCUT2D eigenvalue weighted by Crippen LogP contribution is 2.46. The number of hydrogen-bond donors (Lipinski definition) is 3. The van der Waals surface area contributed by atoms with Gasteiger partial charge in [-0.1, -0.05) is 30.7 Å². The number of nitrogens with two attached hydrogens (primary N) is 1. The van der Waals surface area contributed by atoms with Crippen LogP contribution in [0.25, 0.3) is 0 Å². The number of rotatable bonds is 7. The molecule has 1 fully saturated rings. The molecular weight excluding hydrogens is 390 g/mol. The first-order valence-electron chi connectivity index (χ1n) is 9.97. The minimum atomic E-state index is -0.335. The van der Waals surface area contributed by atoms with E-state index in [9.17, 15) is 9.90 Å². The fourth-order valence-corrected chi connectivity index (χ4v) is 4.67. The van der Waals surface area contributed by atoms with Gasteiger partial charge in [0.15, 0.2) is 0 Å². The number of amides is 1. The van der Waals surface area contributed by atoms with Crippen molar-refractivity contribution in [3.8, 4) is 0 Å². The van der Waals surface area contributed by atoms with Crippen LogP contribution in [0, 0.1) is 12.8 Å². The molecule has 0 unspecified atom stereocenters. The standard InChI is InChI=1S/C21H30ClN5O2/c1-4-26-20(15-5-7-17(22)8-6-15)16(10-21(26,3)13-28)11-24-19(29)12-27-18(23)9-14(2)25-27/h5-9,16,20,28H,4,10-13,23H2,1-3H3,(H,24,29)/t16-,20+,21+/m1/s1. The largest absolute Gasteiger partial charge is 0.394 e. The average molecular weight is 420 g/mol. The van der Waals surface area contributed by atoms with Crippen LogP contribution < -0.4 is 11.1 Å². The van der Waals surface area contributed by atoms with E-state index in [-0.39, 0.29) is 36.6 Å². The Hall–Kier alpha value is -2.09. The van der Waals surface area contributed by atoms with E-state index in [0.717, 1.165) is 24.2 Å². The molecule has 1 aliphatic heterocycles. The summed E-state index contributed by atoms with van der Waals surface area (Å²) in [4.78, 5) is 14.8. The highest BCUT2D eigenvalue weighted by molar-refractivity contribution is 6.30. The van der Waals surface area contributed by atoms with E-state index < -0.39 is 0 Å². The predicted octanol–water partition coefficient (Wildman–Crippen LogP) is 2.38. The number of anilines is 1. The van der Waals surface area contributed by atoms with E-state index in [4.69, 9.17) is 17.3 Å². The molecule has 0 aliphatic carbocycles. The highest BCUT2D eigenvalue weighted by atomic mass is 35.5. The minimum absolute atomic E-state index is 0.0679. The van der Waals surface area contributed by atoms with Gasteiger partial charge in [0.25, 0.3) is 0 Å². The van der Waals surface area contributed by atoms with Crippen molar-refractivity contribution in [1.82, 2.24) is 20.0 Å². The lowest BCUT2D eigenvalue weighted by Crippen LogP contribution is -2.45. The second kappa shape index (κ2) is 8.73. The second-order valence-corrected chi connectivity index (χ2v) is 8.51. The summed E-state index contributed by atoms with van der Waals surface area (Å²) >= 11 is 6.07. The first-order valence-corrected chi connectivity index (χ1v) is 10.3. The molecule has 2 heterocycles.